The predicted octanol–water partition coefficient (Wildman–Crippen LogP) is 4.71. The fourth-order valence-electron chi connectivity index (χ4n) is 2.21. The SMILES string of the molecule is Cc1sc2ncnc(SCc3noc(-c4ccsc4)n3)c2c1C. The van der Waals surface area contributed by atoms with Crippen molar-refractivity contribution in [2.75, 3.05) is 0 Å². The number of aromatic nitrogens is 4. The Morgan fingerprint density at radius 2 is 2.17 bits per heavy atom. The smallest absolute Gasteiger partial charge is 0.258 e. The first kappa shape index (κ1) is 14.8. The standard InChI is InChI=1S/C15H12N4OS3/c1-8-9(2)23-15-12(8)14(16-7-17-15)22-6-11-18-13(20-19-11)10-3-4-21-5-10/h3-5,7H,6H2,1-2H3. The molecule has 23 heavy (non-hydrogen) atoms. The molecule has 0 aliphatic heterocycles. The zero-order valence-corrected chi connectivity index (χ0v) is 14.9. The summed E-state index contributed by atoms with van der Waals surface area (Å²) in [5.74, 6) is 1.86. The lowest BCUT2D eigenvalue weighted by atomic mass is 10.2. The van der Waals surface area contributed by atoms with Crippen LogP contribution in [-0.2, 0) is 5.75 Å². The van der Waals surface area contributed by atoms with Crippen LogP contribution in [0.15, 0.2) is 32.7 Å². The summed E-state index contributed by atoms with van der Waals surface area (Å²) in [5, 5.41) is 10.2. The minimum Gasteiger partial charge on any atom is -0.334 e. The van der Waals surface area contributed by atoms with E-state index in [1.807, 2.05) is 16.8 Å². The van der Waals surface area contributed by atoms with E-state index in [4.69, 9.17) is 4.52 Å². The van der Waals surface area contributed by atoms with Crippen molar-refractivity contribution >= 4 is 44.7 Å². The van der Waals surface area contributed by atoms with Crippen molar-refractivity contribution in [3.8, 4) is 11.5 Å². The number of nitrogens with zero attached hydrogens (tertiary/aromatic N) is 4. The van der Waals surface area contributed by atoms with Crippen molar-refractivity contribution < 1.29 is 4.52 Å². The second-order valence-electron chi connectivity index (χ2n) is 4.96. The monoisotopic (exact) mass is 360 g/mol. The molecule has 4 aromatic heterocycles. The summed E-state index contributed by atoms with van der Waals surface area (Å²) in [6.45, 7) is 4.23. The van der Waals surface area contributed by atoms with Gasteiger partial charge >= 0.3 is 0 Å². The molecule has 0 bridgehead atoms. The lowest BCUT2D eigenvalue weighted by molar-refractivity contribution is 0.425. The normalized spacial score (nSPS) is 11.4. The van der Waals surface area contributed by atoms with Crippen LogP contribution in [0.1, 0.15) is 16.3 Å². The second kappa shape index (κ2) is 6.03. The van der Waals surface area contributed by atoms with Crippen molar-refractivity contribution in [1.82, 2.24) is 20.1 Å². The Hall–Kier alpha value is -1.77. The third-order valence-electron chi connectivity index (χ3n) is 3.50. The van der Waals surface area contributed by atoms with Gasteiger partial charge in [-0.05, 0) is 30.9 Å². The van der Waals surface area contributed by atoms with Gasteiger partial charge in [0.25, 0.3) is 5.89 Å². The molecular formula is C15H12N4OS3. The van der Waals surface area contributed by atoms with Crippen LogP contribution in [0.3, 0.4) is 0 Å². The maximum Gasteiger partial charge on any atom is 0.258 e. The van der Waals surface area contributed by atoms with Crippen LogP contribution < -0.4 is 0 Å². The molecular weight excluding hydrogens is 348 g/mol. The lowest BCUT2D eigenvalue weighted by Crippen LogP contribution is -1.88. The molecule has 0 fully saturated rings. The van der Waals surface area contributed by atoms with Crippen LogP contribution in [0.5, 0.6) is 0 Å². The largest absolute Gasteiger partial charge is 0.334 e. The van der Waals surface area contributed by atoms with E-state index in [9.17, 15) is 0 Å². The summed E-state index contributed by atoms with van der Waals surface area (Å²) in [7, 11) is 0. The number of hydrogen-bond donors (Lipinski definition) is 0. The third kappa shape index (κ3) is 2.77. The van der Waals surface area contributed by atoms with Crippen molar-refractivity contribution in [3.63, 3.8) is 0 Å². The molecule has 116 valence electrons. The molecule has 0 unspecified atom stereocenters. The van der Waals surface area contributed by atoms with E-state index in [2.05, 4.69) is 34.0 Å². The molecule has 0 N–H and O–H groups in total. The molecule has 0 aliphatic carbocycles. The van der Waals surface area contributed by atoms with Crippen LogP contribution in [-0.4, -0.2) is 20.1 Å². The fourth-order valence-corrected chi connectivity index (χ4v) is 4.80. The Labute approximate surface area is 144 Å². The highest BCUT2D eigenvalue weighted by Crippen LogP contribution is 2.35. The topological polar surface area (TPSA) is 64.7 Å². The first-order chi connectivity index (χ1) is 11.2. The van der Waals surface area contributed by atoms with Gasteiger partial charge < -0.3 is 4.52 Å². The molecule has 0 saturated heterocycles. The predicted molar refractivity (Wildman–Crippen MR) is 94.1 cm³/mol. The van der Waals surface area contributed by atoms with Gasteiger partial charge in [0, 0.05) is 15.6 Å². The third-order valence-corrected chi connectivity index (χ3v) is 6.29. The van der Waals surface area contributed by atoms with E-state index >= 15 is 0 Å². The van der Waals surface area contributed by atoms with Gasteiger partial charge in [0.2, 0.25) is 0 Å². The maximum atomic E-state index is 5.31. The highest BCUT2D eigenvalue weighted by Gasteiger charge is 2.14. The summed E-state index contributed by atoms with van der Waals surface area (Å²) in [5.41, 5.74) is 2.22. The number of rotatable bonds is 4. The zero-order chi connectivity index (χ0) is 15.8. The van der Waals surface area contributed by atoms with E-state index < -0.39 is 0 Å². The van der Waals surface area contributed by atoms with Crippen LogP contribution >= 0.6 is 34.4 Å². The first-order valence-corrected chi connectivity index (χ1v) is 9.65. The molecule has 8 heteroatoms. The Balaban J connectivity index is 1.58. The van der Waals surface area contributed by atoms with E-state index in [1.165, 1.54) is 10.4 Å². The van der Waals surface area contributed by atoms with Gasteiger partial charge in [-0.15, -0.1) is 11.3 Å². The molecule has 0 aromatic carbocycles. The fraction of sp³-hybridized carbons (Fsp3) is 0.200. The van der Waals surface area contributed by atoms with Crippen molar-refractivity contribution in [2.24, 2.45) is 0 Å². The summed E-state index contributed by atoms with van der Waals surface area (Å²) >= 11 is 4.93. The molecule has 5 nitrogen and oxygen atoms in total. The zero-order valence-electron chi connectivity index (χ0n) is 12.4. The Kier molecular flexibility index (Phi) is 3.88. The van der Waals surface area contributed by atoms with E-state index in [0.29, 0.717) is 17.5 Å². The molecule has 0 saturated carbocycles. The van der Waals surface area contributed by atoms with E-state index in [1.54, 1.807) is 40.8 Å². The average molecular weight is 360 g/mol. The van der Waals surface area contributed by atoms with E-state index in [0.717, 1.165) is 20.8 Å². The lowest BCUT2D eigenvalue weighted by Gasteiger charge is -2.00. The molecule has 0 amide bonds. The van der Waals surface area contributed by atoms with Gasteiger partial charge in [0.15, 0.2) is 5.82 Å². The van der Waals surface area contributed by atoms with Crippen LogP contribution in [0, 0.1) is 13.8 Å². The Morgan fingerprint density at radius 3 is 3.00 bits per heavy atom. The van der Waals surface area contributed by atoms with Crippen molar-refractivity contribution in [3.05, 3.63) is 39.4 Å². The quantitative estimate of drug-likeness (QED) is 0.388. The average Bonchev–Trinajstić information content (AvgIpc) is 3.27. The summed E-state index contributed by atoms with van der Waals surface area (Å²) in [6.07, 6.45) is 1.62. The van der Waals surface area contributed by atoms with Gasteiger partial charge in [-0.25, -0.2) is 9.97 Å². The van der Waals surface area contributed by atoms with Crippen molar-refractivity contribution in [2.45, 2.75) is 24.6 Å². The first-order valence-electron chi connectivity index (χ1n) is 6.91. The summed E-state index contributed by atoms with van der Waals surface area (Å²) in [4.78, 5) is 15.5. The molecule has 0 spiro atoms. The second-order valence-corrected chi connectivity index (χ2v) is 7.91. The van der Waals surface area contributed by atoms with Crippen LogP contribution in [0.4, 0.5) is 0 Å². The van der Waals surface area contributed by atoms with Gasteiger partial charge in [-0.3, -0.25) is 0 Å². The maximum absolute atomic E-state index is 5.31. The molecule has 0 atom stereocenters. The highest BCUT2D eigenvalue weighted by molar-refractivity contribution is 7.98. The number of thiophene rings is 2. The molecule has 0 aliphatic rings. The van der Waals surface area contributed by atoms with Crippen LogP contribution in [0.2, 0.25) is 0 Å². The number of aryl methyl sites for hydroxylation is 2. The number of fused-ring (bicyclic) bond motifs is 1. The molecule has 4 rings (SSSR count). The van der Waals surface area contributed by atoms with Gasteiger partial charge in [-0.2, -0.15) is 16.3 Å². The van der Waals surface area contributed by atoms with Gasteiger partial charge in [-0.1, -0.05) is 16.9 Å². The Bertz CT molecular complexity index is 959. The summed E-state index contributed by atoms with van der Waals surface area (Å²) < 4.78 is 5.31. The van der Waals surface area contributed by atoms with E-state index in [-0.39, 0.29) is 0 Å². The Morgan fingerprint density at radius 1 is 1.26 bits per heavy atom. The van der Waals surface area contributed by atoms with Crippen LogP contribution in [0.25, 0.3) is 21.7 Å². The molecule has 0 radical (unpaired) electrons. The number of hydrogen-bond acceptors (Lipinski definition) is 8. The minimum atomic E-state index is 0.567. The summed E-state index contributed by atoms with van der Waals surface area (Å²) in [6, 6.07) is 1.97. The number of thioether (sulfide) groups is 1. The minimum absolute atomic E-state index is 0.567. The van der Waals surface area contributed by atoms with Gasteiger partial charge in [0.05, 0.1) is 11.3 Å². The van der Waals surface area contributed by atoms with Crippen molar-refractivity contribution in [1.29, 1.82) is 0 Å². The highest BCUT2D eigenvalue weighted by atomic mass is 32.2. The van der Waals surface area contributed by atoms with Gasteiger partial charge in [0.1, 0.15) is 16.2 Å². The molecule has 4 aromatic rings. The molecule has 4 heterocycles.